The number of nitrogens with one attached hydrogen (secondary N) is 1. The minimum atomic E-state index is 0.711. The molecule has 1 saturated heterocycles. The topological polar surface area (TPSA) is 15.3 Å². The Morgan fingerprint density at radius 3 is 2.67 bits per heavy atom. The second-order valence-electron chi connectivity index (χ2n) is 5.15. The predicted octanol–water partition coefficient (Wildman–Crippen LogP) is 2.50. The van der Waals surface area contributed by atoms with Gasteiger partial charge in [0.05, 0.1) is 0 Å². The van der Waals surface area contributed by atoms with Gasteiger partial charge in [-0.25, -0.2) is 0 Å². The number of rotatable bonds is 7. The molecule has 0 bridgehead atoms. The lowest BCUT2D eigenvalue weighted by molar-refractivity contribution is 0.188. The van der Waals surface area contributed by atoms with E-state index in [2.05, 4.69) is 31.0 Å². The van der Waals surface area contributed by atoms with Gasteiger partial charge in [-0.15, -0.1) is 0 Å². The van der Waals surface area contributed by atoms with Crippen molar-refractivity contribution in [3.8, 4) is 0 Å². The lowest BCUT2D eigenvalue weighted by Crippen LogP contribution is -2.36. The Morgan fingerprint density at radius 1 is 1.33 bits per heavy atom. The van der Waals surface area contributed by atoms with Gasteiger partial charge in [0, 0.05) is 12.6 Å². The number of unbranched alkanes of at least 4 members (excludes halogenated alkanes) is 2. The van der Waals surface area contributed by atoms with Crippen molar-refractivity contribution < 1.29 is 0 Å². The van der Waals surface area contributed by atoms with E-state index in [4.69, 9.17) is 0 Å². The second-order valence-corrected chi connectivity index (χ2v) is 5.15. The maximum absolute atomic E-state index is 3.46. The molecule has 90 valence electrons. The molecule has 0 aromatic rings. The van der Waals surface area contributed by atoms with E-state index in [1.54, 1.807) is 0 Å². The van der Waals surface area contributed by atoms with E-state index in [1.807, 2.05) is 0 Å². The molecule has 2 heteroatoms. The van der Waals surface area contributed by atoms with E-state index in [0.29, 0.717) is 6.04 Å². The van der Waals surface area contributed by atoms with Crippen LogP contribution < -0.4 is 5.32 Å². The summed E-state index contributed by atoms with van der Waals surface area (Å²) in [7, 11) is 0. The molecule has 1 rings (SSSR count). The smallest absolute Gasteiger partial charge is 0.00387 e. The summed E-state index contributed by atoms with van der Waals surface area (Å²) in [5, 5.41) is 3.46. The lowest BCUT2D eigenvalue weighted by atomic mass is 10.1. The highest BCUT2D eigenvalue weighted by Crippen LogP contribution is 2.12. The summed E-state index contributed by atoms with van der Waals surface area (Å²) in [6, 6.07) is 0.711. The molecule has 1 atom stereocenters. The van der Waals surface area contributed by atoms with Crippen LogP contribution in [0, 0.1) is 5.92 Å². The first kappa shape index (κ1) is 13.0. The summed E-state index contributed by atoms with van der Waals surface area (Å²) in [6.45, 7) is 12.0. The Hall–Kier alpha value is -0.0800. The molecule has 0 saturated carbocycles. The first-order valence-corrected chi connectivity index (χ1v) is 6.68. The number of hydrogen-bond donors (Lipinski definition) is 1. The normalized spacial score (nSPS) is 21.8. The van der Waals surface area contributed by atoms with Crippen LogP contribution >= 0.6 is 0 Å². The lowest BCUT2D eigenvalue weighted by Gasteiger charge is -2.29. The molecule has 1 N–H and O–H groups in total. The zero-order valence-electron chi connectivity index (χ0n) is 10.8. The van der Waals surface area contributed by atoms with Gasteiger partial charge in [-0.3, -0.25) is 0 Å². The van der Waals surface area contributed by atoms with Gasteiger partial charge in [0.25, 0.3) is 0 Å². The summed E-state index contributed by atoms with van der Waals surface area (Å²) in [6.07, 6.45) is 5.45. The van der Waals surface area contributed by atoms with Crippen LogP contribution in [0.4, 0.5) is 0 Å². The zero-order valence-corrected chi connectivity index (χ0v) is 10.8. The molecule has 0 spiro atoms. The molecule has 1 aliphatic rings. The van der Waals surface area contributed by atoms with Crippen LogP contribution in [0.3, 0.4) is 0 Å². The minimum Gasteiger partial charge on any atom is -0.316 e. The SMILES string of the molecule is CCCCCN(CC1CCNC1)C(C)C. The predicted molar refractivity (Wildman–Crippen MR) is 67.2 cm³/mol. The number of hydrogen-bond acceptors (Lipinski definition) is 2. The van der Waals surface area contributed by atoms with Crippen LogP contribution in [0.5, 0.6) is 0 Å². The molecule has 0 amide bonds. The molecule has 1 heterocycles. The highest BCUT2D eigenvalue weighted by atomic mass is 15.1. The second kappa shape index (κ2) is 7.24. The van der Waals surface area contributed by atoms with Crippen molar-refractivity contribution in [2.45, 2.75) is 52.5 Å². The highest BCUT2D eigenvalue weighted by molar-refractivity contribution is 4.76. The van der Waals surface area contributed by atoms with Gasteiger partial charge in [-0.2, -0.15) is 0 Å². The van der Waals surface area contributed by atoms with E-state index < -0.39 is 0 Å². The Balaban J connectivity index is 2.22. The first-order valence-electron chi connectivity index (χ1n) is 6.68. The van der Waals surface area contributed by atoms with E-state index in [1.165, 1.54) is 51.9 Å². The first-order chi connectivity index (χ1) is 7.24. The molecule has 1 unspecified atom stereocenters. The van der Waals surface area contributed by atoms with Crippen molar-refractivity contribution in [1.82, 2.24) is 10.2 Å². The molecule has 2 nitrogen and oxygen atoms in total. The Morgan fingerprint density at radius 2 is 2.13 bits per heavy atom. The fourth-order valence-electron chi connectivity index (χ4n) is 2.33. The molecule has 0 aromatic heterocycles. The third-order valence-corrected chi connectivity index (χ3v) is 3.43. The molecule has 1 aliphatic heterocycles. The van der Waals surface area contributed by atoms with Crippen LogP contribution in [0.1, 0.15) is 46.5 Å². The van der Waals surface area contributed by atoms with E-state index in [9.17, 15) is 0 Å². The average molecular weight is 212 g/mol. The monoisotopic (exact) mass is 212 g/mol. The van der Waals surface area contributed by atoms with Crippen molar-refractivity contribution >= 4 is 0 Å². The van der Waals surface area contributed by atoms with Gasteiger partial charge in [-0.05, 0) is 52.2 Å². The van der Waals surface area contributed by atoms with Crippen LogP contribution in [0.25, 0.3) is 0 Å². The Bertz CT molecular complexity index is 151. The Kier molecular flexibility index (Phi) is 6.26. The quantitative estimate of drug-likeness (QED) is 0.652. The van der Waals surface area contributed by atoms with Crippen molar-refractivity contribution in [2.75, 3.05) is 26.2 Å². The van der Waals surface area contributed by atoms with Crippen LogP contribution in [-0.4, -0.2) is 37.1 Å². The Labute approximate surface area is 95.4 Å². The van der Waals surface area contributed by atoms with Gasteiger partial charge in [0.15, 0.2) is 0 Å². The maximum Gasteiger partial charge on any atom is 0.00387 e. The van der Waals surface area contributed by atoms with Crippen LogP contribution in [0.2, 0.25) is 0 Å². The molecule has 0 aromatic carbocycles. The number of nitrogens with zero attached hydrogens (tertiary/aromatic N) is 1. The van der Waals surface area contributed by atoms with Gasteiger partial charge in [-0.1, -0.05) is 19.8 Å². The van der Waals surface area contributed by atoms with Gasteiger partial charge in [0.1, 0.15) is 0 Å². The average Bonchev–Trinajstić information content (AvgIpc) is 2.69. The van der Waals surface area contributed by atoms with Crippen LogP contribution in [-0.2, 0) is 0 Å². The molecule has 15 heavy (non-hydrogen) atoms. The summed E-state index contributed by atoms with van der Waals surface area (Å²) in [4.78, 5) is 2.66. The van der Waals surface area contributed by atoms with Crippen molar-refractivity contribution in [2.24, 2.45) is 5.92 Å². The molecule has 1 fully saturated rings. The summed E-state index contributed by atoms with van der Waals surface area (Å²) < 4.78 is 0. The van der Waals surface area contributed by atoms with E-state index in [0.717, 1.165) is 5.92 Å². The fourth-order valence-corrected chi connectivity index (χ4v) is 2.33. The minimum absolute atomic E-state index is 0.711. The largest absolute Gasteiger partial charge is 0.316 e. The summed E-state index contributed by atoms with van der Waals surface area (Å²) in [5.41, 5.74) is 0. The standard InChI is InChI=1S/C13H28N2/c1-4-5-6-9-15(12(2)3)11-13-7-8-14-10-13/h12-14H,4-11H2,1-3H3. The summed E-state index contributed by atoms with van der Waals surface area (Å²) >= 11 is 0. The maximum atomic E-state index is 3.46. The third-order valence-electron chi connectivity index (χ3n) is 3.43. The highest BCUT2D eigenvalue weighted by Gasteiger charge is 2.19. The van der Waals surface area contributed by atoms with Gasteiger partial charge >= 0.3 is 0 Å². The zero-order chi connectivity index (χ0) is 11.1. The van der Waals surface area contributed by atoms with Crippen molar-refractivity contribution in [3.05, 3.63) is 0 Å². The fraction of sp³-hybridized carbons (Fsp3) is 1.00. The van der Waals surface area contributed by atoms with Crippen LogP contribution in [0.15, 0.2) is 0 Å². The van der Waals surface area contributed by atoms with Crippen molar-refractivity contribution in [3.63, 3.8) is 0 Å². The van der Waals surface area contributed by atoms with Crippen molar-refractivity contribution in [1.29, 1.82) is 0 Å². The summed E-state index contributed by atoms with van der Waals surface area (Å²) in [5.74, 6) is 0.897. The van der Waals surface area contributed by atoms with Gasteiger partial charge in [0.2, 0.25) is 0 Å². The van der Waals surface area contributed by atoms with E-state index >= 15 is 0 Å². The van der Waals surface area contributed by atoms with Gasteiger partial charge < -0.3 is 10.2 Å². The molecule has 0 radical (unpaired) electrons. The molecule has 0 aliphatic carbocycles. The third kappa shape index (κ3) is 4.98. The molecular formula is C13H28N2. The molecular weight excluding hydrogens is 184 g/mol. The van der Waals surface area contributed by atoms with E-state index in [-0.39, 0.29) is 0 Å².